The molecule has 5 heteroatoms. The lowest BCUT2D eigenvalue weighted by Gasteiger charge is -2.17. The highest BCUT2D eigenvalue weighted by Crippen LogP contribution is 2.22. The SMILES string of the molecule is COc1ccccc1CNC(=O)C1CC(=O)N(Cc2ccc(C)cc2)C1. The Morgan fingerprint density at radius 1 is 1.19 bits per heavy atom. The minimum atomic E-state index is -0.303. The average Bonchev–Trinajstić information content (AvgIpc) is 3.02. The first kappa shape index (κ1) is 18.0. The number of carbonyl (C=O) groups is 2. The number of aryl methyl sites for hydroxylation is 1. The van der Waals surface area contributed by atoms with Gasteiger partial charge >= 0.3 is 0 Å². The molecule has 1 aliphatic heterocycles. The van der Waals surface area contributed by atoms with Crippen molar-refractivity contribution in [1.82, 2.24) is 10.2 Å². The van der Waals surface area contributed by atoms with Crippen LogP contribution >= 0.6 is 0 Å². The van der Waals surface area contributed by atoms with Crippen LogP contribution in [0.2, 0.25) is 0 Å². The predicted molar refractivity (Wildman–Crippen MR) is 99.5 cm³/mol. The van der Waals surface area contributed by atoms with Crippen molar-refractivity contribution in [3.05, 3.63) is 65.2 Å². The molecule has 0 aliphatic carbocycles. The van der Waals surface area contributed by atoms with Crippen LogP contribution in [-0.2, 0) is 22.7 Å². The van der Waals surface area contributed by atoms with Crippen molar-refractivity contribution in [3.8, 4) is 5.75 Å². The molecule has 1 aliphatic rings. The summed E-state index contributed by atoms with van der Waals surface area (Å²) < 4.78 is 5.30. The third kappa shape index (κ3) is 4.23. The van der Waals surface area contributed by atoms with E-state index in [1.807, 2.05) is 55.5 Å². The zero-order chi connectivity index (χ0) is 18.5. The standard InChI is InChI=1S/C21H24N2O3/c1-15-7-9-16(10-8-15)13-23-14-18(11-20(23)24)21(25)22-12-17-5-3-4-6-19(17)26-2/h3-10,18H,11-14H2,1-2H3,(H,22,25). The van der Waals surface area contributed by atoms with Gasteiger partial charge in [-0.3, -0.25) is 9.59 Å². The summed E-state index contributed by atoms with van der Waals surface area (Å²) in [6, 6.07) is 15.7. The maximum atomic E-state index is 12.5. The van der Waals surface area contributed by atoms with Gasteiger partial charge in [0.15, 0.2) is 0 Å². The molecule has 1 saturated heterocycles. The molecule has 0 saturated carbocycles. The summed E-state index contributed by atoms with van der Waals surface area (Å²) in [4.78, 5) is 26.5. The van der Waals surface area contributed by atoms with Crippen molar-refractivity contribution < 1.29 is 14.3 Å². The summed E-state index contributed by atoms with van der Waals surface area (Å²) >= 11 is 0. The predicted octanol–water partition coefficient (Wildman–Crippen LogP) is 2.67. The number of methoxy groups -OCH3 is 1. The number of carbonyl (C=O) groups excluding carboxylic acids is 2. The molecule has 0 bridgehead atoms. The monoisotopic (exact) mass is 352 g/mol. The molecular formula is C21H24N2O3. The lowest BCUT2D eigenvalue weighted by Crippen LogP contribution is -2.32. The zero-order valence-electron chi connectivity index (χ0n) is 15.2. The summed E-state index contributed by atoms with van der Waals surface area (Å²) in [5.74, 6) is 0.387. The second-order valence-corrected chi connectivity index (χ2v) is 6.69. The van der Waals surface area contributed by atoms with Crippen LogP contribution in [-0.4, -0.2) is 30.4 Å². The van der Waals surface area contributed by atoms with Gasteiger partial charge in [0.05, 0.1) is 13.0 Å². The summed E-state index contributed by atoms with van der Waals surface area (Å²) in [6.07, 6.45) is 0.267. The second kappa shape index (κ2) is 8.04. The Labute approximate surface area is 154 Å². The van der Waals surface area contributed by atoms with Crippen molar-refractivity contribution in [1.29, 1.82) is 0 Å². The molecule has 2 aromatic carbocycles. The van der Waals surface area contributed by atoms with Crippen LogP contribution in [0.15, 0.2) is 48.5 Å². The molecule has 0 aromatic heterocycles. The number of hydrogen-bond donors (Lipinski definition) is 1. The van der Waals surface area contributed by atoms with E-state index in [1.54, 1.807) is 12.0 Å². The molecule has 0 spiro atoms. The number of hydrogen-bond acceptors (Lipinski definition) is 3. The van der Waals surface area contributed by atoms with Crippen molar-refractivity contribution in [3.63, 3.8) is 0 Å². The van der Waals surface area contributed by atoms with Crippen molar-refractivity contribution in [2.75, 3.05) is 13.7 Å². The smallest absolute Gasteiger partial charge is 0.225 e. The minimum absolute atomic E-state index is 0.0306. The highest BCUT2D eigenvalue weighted by atomic mass is 16.5. The summed E-state index contributed by atoms with van der Waals surface area (Å²) in [5.41, 5.74) is 3.19. The fraction of sp³-hybridized carbons (Fsp3) is 0.333. The van der Waals surface area contributed by atoms with E-state index in [2.05, 4.69) is 5.32 Å². The summed E-state index contributed by atoms with van der Waals surface area (Å²) in [5, 5.41) is 2.93. The molecule has 1 heterocycles. The zero-order valence-corrected chi connectivity index (χ0v) is 15.2. The van der Waals surface area contributed by atoms with E-state index in [4.69, 9.17) is 4.74 Å². The molecule has 1 fully saturated rings. The van der Waals surface area contributed by atoms with Gasteiger partial charge in [-0.15, -0.1) is 0 Å². The quantitative estimate of drug-likeness (QED) is 0.870. The van der Waals surface area contributed by atoms with Gasteiger partial charge < -0.3 is 15.0 Å². The number of nitrogens with zero attached hydrogens (tertiary/aromatic N) is 1. The summed E-state index contributed by atoms with van der Waals surface area (Å²) in [7, 11) is 1.61. The molecular weight excluding hydrogens is 328 g/mol. The first-order valence-electron chi connectivity index (χ1n) is 8.79. The van der Waals surface area contributed by atoms with E-state index in [0.29, 0.717) is 19.6 Å². The van der Waals surface area contributed by atoms with Crippen molar-refractivity contribution in [2.45, 2.75) is 26.4 Å². The van der Waals surface area contributed by atoms with E-state index in [1.165, 1.54) is 5.56 Å². The van der Waals surface area contributed by atoms with Crippen molar-refractivity contribution >= 4 is 11.8 Å². The van der Waals surface area contributed by atoms with Gasteiger partial charge in [-0.2, -0.15) is 0 Å². The lowest BCUT2D eigenvalue weighted by molar-refractivity contribution is -0.129. The topological polar surface area (TPSA) is 58.6 Å². The number of ether oxygens (including phenoxy) is 1. The van der Waals surface area contributed by atoms with Gasteiger partial charge in [-0.1, -0.05) is 48.0 Å². The van der Waals surface area contributed by atoms with Gasteiger partial charge in [-0.05, 0) is 18.6 Å². The lowest BCUT2D eigenvalue weighted by atomic mass is 10.1. The van der Waals surface area contributed by atoms with Gasteiger partial charge in [0.1, 0.15) is 5.75 Å². The van der Waals surface area contributed by atoms with Crippen molar-refractivity contribution in [2.24, 2.45) is 5.92 Å². The minimum Gasteiger partial charge on any atom is -0.496 e. The Morgan fingerprint density at radius 3 is 2.65 bits per heavy atom. The highest BCUT2D eigenvalue weighted by Gasteiger charge is 2.34. The van der Waals surface area contributed by atoms with Crippen LogP contribution in [0, 0.1) is 12.8 Å². The molecule has 3 rings (SSSR count). The van der Waals surface area contributed by atoms with Gasteiger partial charge in [-0.25, -0.2) is 0 Å². The molecule has 26 heavy (non-hydrogen) atoms. The van der Waals surface area contributed by atoms with Gasteiger partial charge in [0, 0.05) is 31.6 Å². The van der Waals surface area contributed by atoms with E-state index in [0.717, 1.165) is 16.9 Å². The molecule has 0 radical (unpaired) electrons. The highest BCUT2D eigenvalue weighted by molar-refractivity contribution is 5.89. The summed E-state index contributed by atoms with van der Waals surface area (Å²) in [6.45, 7) is 3.44. The van der Waals surface area contributed by atoms with Crippen LogP contribution in [0.25, 0.3) is 0 Å². The normalized spacial score (nSPS) is 16.6. The number of rotatable bonds is 6. The molecule has 5 nitrogen and oxygen atoms in total. The molecule has 2 amide bonds. The van der Waals surface area contributed by atoms with Crippen LogP contribution in [0.5, 0.6) is 5.75 Å². The Balaban J connectivity index is 1.55. The Hall–Kier alpha value is -2.82. The van der Waals surface area contributed by atoms with E-state index < -0.39 is 0 Å². The van der Waals surface area contributed by atoms with Crippen LogP contribution < -0.4 is 10.1 Å². The maximum absolute atomic E-state index is 12.5. The third-order valence-electron chi connectivity index (χ3n) is 4.72. The first-order valence-corrected chi connectivity index (χ1v) is 8.79. The van der Waals surface area contributed by atoms with E-state index >= 15 is 0 Å². The number of para-hydroxylation sites is 1. The fourth-order valence-corrected chi connectivity index (χ4v) is 3.19. The number of nitrogens with one attached hydrogen (secondary N) is 1. The van der Waals surface area contributed by atoms with Crippen LogP contribution in [0.1, 0.15) is 23.1 Å². The fourth-order valence-electron chi connectivity index (χ4n) is 3.19. The third-order valence-corrected chi connectivity index (χ3v) is 4.72. The largest absolute Gasteiger partial charge is 0.496 e. The molecule has 2 aromatic rings. The first-order chi connectivity index (χ1) is 12.6. The van der Waals surface area contributed by atoms with E-state index in [9.17, 15) is 9.59 Å². The average molecular weight is 352 g/mol. The Bertz CT molecular complexity index is 786. The van der Waals surface area contributed by atoms with E-state index in [-0.39, 0.29) is 24.2 Å². The van der Waals surface area contributed by atoms with Crippen LogP contribution in [0.4, 0.5) is 0 Å². The van der Waals surface area contributed by atoms with Gasteiger partial charge in [0.2, 0.25) is 11.8 Å². The number of amides is 2. The Kier molecular flexibility index (Phi) is 5.56. The second-order valence-electron chi connectivity index (χ2n) is 6.69. The number of benzene rings is 2. The molecule has 1 atom stereocenters. The number of likely N-dealkylation sites (tertiary alicyclic amines) is 1. The molecule has 1 N–H and O–H groups in total. The molecule has 1 unspecified atom stereocenters. The molecule has 136 valence electrons. The maximum Gasteiger partial charge on any atom is 0.225 e. The Morgan fingerprint density at radius 2 is 1.92 bits per heavy atom. The van der Waals surface area contributed by atoms with Gasteiger partial charge in [0.25, 0.3) is 0 Å². The van der Waals surface area contributed by atoms with Crippen LogP contribution in [0.3, 0.4) is 0 Å².